The number of ether oxygens (including phenoxy) is 1. The van der Waals surface area contributed by atoms with Crippen LogP contribution < -0.4 is 10.1 Å². The minimum Gasteiger partial charge on any atom is -0.494 e. The Morgan fingerprint density at radius 3 is 2.48 bits per heavy atom. The molecule has 0 amide bonds. The number of hydrogen-bond donors (Lipinski definition) is 1. The van der Waals surface area contributed by atoms with Gasteiger partial charge in [0.1, 0.15) is 5.75 Å². The van der Waals surface area contributed by atoms with Gasteiger partial charge in [-0.15, -0.1) is 0 Å². The van der Waals surface area contributed by atoms with Crippen LogP contribution in [-0.2, 0) is 6.54 Å². The van der Waals surface area contributed by atoms with Gasteiger partial charge in [-0.25, -0.2) is 0 Å². The molecule has 2 nitrogen and oxygen atoms in total. The van der Waals surface area contributed by atoms with E-state index in [-0.39, 0.29) is 0 Å². The van der Waals surface area contributed by atoms with Gasteiger partial charge in [0.2, 0.25) is 0 Å². The van der Waals surface area contributed by atoms with E-state index in [0.717, 1.165) is 31.9 Å². The third-order valence-corrected chi connectivity index (χ3v) is 3.70. The summed E-state index contributed by atoms with van der Waals surface area (Å²) in [4.78, 5) is 0. The summed E-state index contributed by atoms with van der Waals surface area (Å²) in [6.45, 7) is 7.34. The molecule has 1 aromatic rings. The molecule has 0 fully saturated rings. The first-order valence-electron chi connectivity index (χ1n) is 8.79. The standard InChI is InChI=1S/C19H33NO/c1-3-5-7-8-9-10-14-20-17-18-12-11-13-19(16-18)21-15-6-4-2/h11-13,16,20H,3-10,14-15,17H2,1-2H3. The molecule has 1 aromatic carbocycles. The molecule has 0 atom stereocenters. The first-order chi connectivity index (χ1) is 10.4. The average Bonchev–Trinajstić information content (AvgIpc) is 2.51. The molecule has 0 saturated heterocycles. The van der Waals surface area contributed by atoms with Gasteiger partial charge in [0.05, 0.1) is 6.61 Å². The molecule has 0 aliphatic rings. The van der Waals surface area contributed by atoms with Crippen LogP contribution in [0.25, 0.3) is 0 Å². The average molecular weight is 291 g/mol. The summed E-state index contributed by atoms with van der Waals surface area (Å²) in [6.07, 6.45) is 10.4. The van der Waals surface area contributed by atoms with Crippen LogP contribution in [0.2, 0.25) is 0 Å². The smallest absolute Gasteiger partial charge is 0.119 e. The van der Waals surface area contributed by atoms with Crippen molar-refractivity contribution in [1.82, 2.24) is 5.32 Å². The van der Waals surface area contributed by atoms with Crippen molar-refractivity contribution in [3.8, 4) is 5.75 Å². The molecule has 0 unspecified atom stereocenters. The largest absolute Gasteiger partial charge is 0.494 e. The maximum Gasteiger partial charge on any atom is 0.119 e. The first kappa shape index (κ1) is 18.0. The van der Waals surface area contributed by atoms with Gasteiger partial charge in [-0.1, -0.05) is 64.5 Å². The van der Waals surface area contributed by atoms with E-state index in [4.69, 9.17) is 4.74 Å². The highest BCUT2D eigenvalue weighted by Gasteiger charge is 1.97. The van der Waals surface area contributed by atoms with Gasteiger partial charge >= 0.3 is 0 Å². The zero-order chi connectivity index (χ0) is 15.2. The SMILES string of the molecule is CCCCCCCCNCc1cccc(OCCCC)c1. The summed E-state index contributed by atoms with van der Waals surface area (Å²) in [5.74, 6) is 1.00. The highest BCUT2D eigenvalue weighted by molar-refractivity contribution is 5.28. The Labute approximate surface area is 131 Å². The molecule has 120 valence electrons. The van der Waals surface area contributed by atoms with Crippen molar-refractivity contribution in [2.45, 2.75) is 71.8 Å². The summed E-state index contributed by atoms with van der Waals surface area (Å²) in [5, 5.41) is 3.53. The lowest BCUT2D eigenvalue weighted by Crippen LogP contribution is -2.14. The highest BCUT2D eigenvalue weighted by atomic mass is 16.5. The van der Waals surface area contributed by atoms with Gasteiger partial charge in [0.25, 0.3) is 0 Å². The number of hydrogen-bond acceptors (Lipinski definition) is 2. The monoisotopic (exact) mass is 291 g/mol. The summed E-state index contributed by atoms with van der Waals surface area (Å²) in [6, 6.07) is 8.46. The van der Waals surface area contributed by atoms with Gasteiger partial charge in [-0.05, 0) is 37.1 Å². The molecular formula is C19H33NO. The molecule has 0 saturated carbocycles. The van der Waals surface area contributed by atoms with Crippen LogP contribution in [0.3, 0.4) is 0 Å². The van der Waals surface area contributed by atoms with Crippen molar-refractivity contribution in [3.05, 3.63) is 29.8 Å². The van der Waals surface area contributed by atoms with Crippen LogP contribution in [0.1, 0.15) is 70.8 Å². The van der Waals surface area contributed by atoms with E-state index in [1.165, 1.54) is 50.5 Å². The third kappa shape index (κ3) is 9.52. The number of unbranched alkanes of at least 4 members (excludes halogenated alkanes) is 6. The zero-order valence-corrected chi connectivity index (χ0v) is 14.0. The minimum absolute atomic E-state index is 0.825. The lowest BCUT2D eigenvalue weighted by Gasteiger charge is -2.08. The van der Waals surface area contributed by atoms with Crippen LogP contribution in [0, 0.1) is 0 Å². The fraction of sp³-hybridized carbons (Fsp3) is 0.684. The van der Waals surface area contributed by atoms with E-state index in [2.05, 4.69) is 37.4 Å². The van der Waals surface area contributed by atoms with E-state index in [9.17, 15) is 0 Å². The number of rotatable bonds is 13. The minimum atomic E-state index is 0.825. The zero-order valence-electron chi connectivity index (χ0n) is 14.0. The fourth-order valence-corrected chi connectivity index (χ4v) is 2.34. The van der Waals surface area contributed by atoms with Crippen LogP contribution >= 0.6 is 0 Å². The van der Waals surface area contributed by atoms with Crippen molar-refractivity contribution in [1.29, 1.82) is 0 Å². The molecule has 0 aromatic heterocycles. The lowest BCUT2D eigenvalue weighted by atomic mass is 10.1. The molecule has 1 N–H and O–H groups in total. The van der Waals surface area contributed by atoms with Crippen molar-refractivity contribution in [2.75, 3.05) is 13.2 Å². The summed E-state index contributed by atoms with van der Waals surface area (Å²) < 4.78 is 5.74. The molecule has 0 bridgehead atoms. The predicted molar refractivity (Wildman–Crippen MR) is 91.9 cm³/mol. The van der Waals surface area contributed by atoms with Crippen molar-refractivity contribution in [3.63, 3.8) is 0 Å². The second-order valence-corrected chi connectivity index (χ2v) is 5.79. The Kier molecular flexibility index (Phi) is 10.9. The van der Waals surface area contributed by atoms with Gasteiger partial charge < -0.3 is 10.1 Å². The summed E-state index contributed by atoms with van der Waals surface area (Å²) in [7, 11) is 0. The van der Waals surface area contributed by atoms with Crippen LogP contribution in [-0.4, -0.2) is 13.2 Å². The fourth-order valence-electron chi connectivity index (χ4n) is 2.34. The molecule has 0 aliphatic carbocycles. The van der Waals surface area contributed by atoms with Crippen LogP contribution in [0.4, 0.5) is 0 Å². The van der Waals surface area contributed by atoms with Crippen LogP contribution in [0.5, 0.6) is 5.75 Å². The molecule has 2 heteroatoms. The van der Waals surface area contributed by atoms with E-state index < -0.39 is 0 Å². The van der Waals surface area contributed by atoms with Gasteiger partial charge in [0.15, 0.2) is 0 Å². The normalized spacial score (nSPS) is 10.8. The summed E-state index contributed by atoms with van der Waals surface area (Å²) in [5.41, 5.74) is 1.31. The van der Waals surface area contributed by atoms with Crippen molar-refractivity contribution in [2.24, 2.45) is 0 Å². The van der Waals surface area contributed by atoms with Crippen molar-refractivity contribution >= 4 is 0 Å². The van der Waals surface area contributed by atoms with Crippen LogP contribution in [0.15, 0.2) is 24.3 Å². The topological polar surface area (TPSA) is 21.3 Å². The lowest BCUT2D eigenvalue weighted by molar-refractivity contribution is 0.309. The molecule has 0 heterocycles. The predicted octanol–water partition coefficient (Wildman–Crippen LogP) is 5.32. The van der Waals surface area contributed by atoms with E-state index in [1.54, 1.807) is 0 Å². The molecule has 21 heavy (non-hydrogen) atoms. The maximum atomic E-state index is 5.74. The number of nitrogens with one attached hydrogen (secondary N) is 1. The maximum absolute atomic E-state index is 5.74. The number of benzene rings is 1. The van der Waals surface area contributed by atoms with Gasteiger partial charge in [-0.3, -0.25) is 0 Å². The van der Waals surface area contributed by atoms with Gasteiger partial charge in [-0.2, -0.15) is 0 Å². The molecule has 0 aliphatic heterocycles. The van der Waals surface area contributed by atoms with E-state index in [0.29, 0.717) is 0 Å². The third-order valence-electron chi connectivity index (χ3n) is 3.70. The Bertz CT molecular complexity index is 351. The molecule has 0 radical (unpaired) electrons. The highest BCUT2D eigenvalue weighted by Crippen LogP contribution is 2.13. The first-order valence-corrected chi connectivity index (χ1v) is 8.79. The second kappa shape index (κ2) is 12.7. The van der Waals surface area contributed by atoms with Gasteiger partial charge in [0, 0.05) is 6.54 Å². The molecule has 0 spiro atoms. The molecule has 1 rings (SSSR count). The Hall–Kier alpha value is -1.02. The van der Waals surface area contributed by atoms with Crippen molar-refractivity contribution < 1.29 is 4.74 Å². The van der Waals surface area contributed by atoms with E-state index in [1.807, 2.05) is 6.07 Å². The molecular weight excluding hydrogens is 258 g/mol. The Morgan fingerprint density at radius 1 is 0.905 bits per heavy atom. The van der Waals surface area contributed by atoms with E-state index >= 15 is 0 Å². The second-order valence-electron chi connectivity index (χ2n) is 5.79. The summed E-state index contributed by atoms with van der Waals surface area (Å²) >= 11 is 0. The Balaban J connectivity index is 2.10. The Morgan fingerprint density at radius 2 is 1.67 bits per heavy atom. The quantitative estimate of drug-likeness (QED) is 0.497.